The molecule has 0 aromatic heterocycles. The zero-order valence-corrected chi connectivity index (χ0v) is 16.2. The number of thiol groups is 1. The molecule has 2 unspecified atom stereocenters. The van der Waals surface area contributed by atoms with Gasteiger partial charge in [0.15, 0.2) is 0 Å². The number of fused-ring (bicyclic) bond motifs is 2. The second-order valence-corrected chi connectivity index (χ2v) is 7.81. The third-order valence-electron chi connectivity index (χ3n) is 6.04. The maximum atomic E-state index is 12.5. The number of piperidine rings is 1. The quantitative estimate of drug-likeness (QED) is 0.250. The van der Waals surface area contributed by atoms with Gasteiger partial charge in [0.25, 0.3) is 5.91 Å². The van der Waals surface area contributed by atoms with Crippen LogP contribution >= 0.6 is 12.9 Å². The Morgan fingerprint density at radius 3 is 2.85 bits per heavy atom. The van der Waals surface area contributed by atoms with E-state index in [2.05, 4.69) is 33.9 Å². The first-order valence-corrected chi connectivity index (χ1v) is 10.0. The number of nitrogens with one attached hydrogen (secondary N) is 3. The topological polar surface area (TPSA) is 98.4 Å². The van der Waals surface area contributed by atoms with Gasteiger partial charge in [-0.05, 0) is 19.3 Å². The summed E-state index contributed by atoms with van der Waals surface area (Å²) in [5.74, 6) is -0.278. The van der Waals surface area contributed by atoms with Crippen molar-refractivity contribution in [3.8, 4) is 0 Å². The van der Waals surface area contributed by atoms with Crippen molar-refractivity contribution in [3.63, 3.8) is 0 Å². The lowest BCUT2D eigenvalue weighted by Crippen LogP contribution is -2.50. The maximum Gasteiger partial charge on any atom is 0.345 e. The number of hydrogen-bond acceptors (Lipinski definition) is 8. The van der Waals surface area contributed by atoms with E-state index in [1.165, 1.54) is 9.96 Å². The van der Waals surface area contributed by atoms with Crippen LogP contribution in [0.3, 0.4) is 0 Å². The van der Waals surface area contributed by atoms with Crippen LogP contribution in [-0.4, -0.2) is 96.8 Å². The van der Waals surface area contributed by atoms with Crippen molar-refractivity contribution in [1.82, 2.24) is 31.0 Å². The lowest BCUT2D eigenvalue weighted by atomic mass is 10.0. The first kappa shape index (κ1) is 19.2. The lowest BCUT2D eigenvalue weighted by molar-refractivity contribution is -0.139. The molecule has 0 aliphatic carbocycles. The summed E-state index contributed by atoms with van der Waals surface area (Å²) in [6.45, 7) is 6.10. The zero-order valence-electron chi connectivity index (χ0n) is 15.3. The Balaban J connectivity index is 1.20. The average Bonchev–Trinajstić information content (AvgIpc) is 3.26. The van der Waals surface area contributed by atoms with Crippen molar-refractivity contribution in [2.24, 2.45) is 0 Å². The number of hydroxylamine groups is 3. The average molecular weight is 401 g/mol. The fourth-order valence-electron chi connectivity index (χ4n) is 4.54. The summed E-state index contributed by atoms with van der Waals surface area (Å²) < 4.78 is 4.83. The maximum absolute atomic E-state index is 12.5. The van der Waals surface area contributed by atoms with Crippen LogP contribution in [0.2, 0.25) is 0 Å². The van der Waals surface area contributed by atoms with Crippen LogP contribution in [0.25, 0.3) is 0 Å². The largest absolute Gasteiger partial charge is 0.345 e. The van der Waals surface area contributed by atoms with Gasteiger partial charge in [-0.1, -0.05) is 0 Å². The van der Waals surface area contributed by atoms with Crippen LogP contribution in [0, 0.1) is 0 Å². The third-order valence-corrected chi connectivity index (χ3v) is 6.21. The number of nitrogens with zero attached hydrogens (tertiary/aromatic N) is 3. The highest BCUT2D eigenvalue weighted by atomic mass is 32.1. The van der Waals surface area contributed by atoms with Crippen LogP contribution in [-0.2, 0) is 13.9 Å². The predicted octanol–water partition coefficient (Wildman–Crippen LogP) is -1.29. The highest BCUT2D eigenvalue weighted by Gasteiger charge is 2.48. The highest BCUT2D eigenvalue weighted by molar-refractivity contribution is 7.75. The van der Waals surface area contributed by atoms with Gasteiger partial charge in [-0.25, -0.2) is 14.6 Å². The second-order valence-electron chi connectivity index (χ2n) is 7.65. The number of carbonyl (C=O) groups is 2. The summed E-state index contributed by atoms with van der Waals surface area (Å²) in [5.41, 5.74) is 2.54. The van der Waals surface area contributed by atoms with Gasteiger partial charge in [0, 0.05) is 64.3 Å². The molecular weight excluding hydrogens is 372 g/mol. The van der Waals surface area contributed by atoms with Gasteiger partial charge in [0.1, 0.15) is 6.04 Å². The highest BCUT2D eigenvalue weighted by Crippen LogP contribution is 2.30. The molecule has 4 aliphatic rings. The summed E-state index contributed by atoms with van der Waals surface area (Å²) >= 11 is 3.73. The van der Waals surface area contributed by atoms with Gasteiger partial charge in [-0.2, -0.15) is 5.06 Å². The van der Waals surface area contributed by atoms with E-state index in [0.717, 1.165) is 39.1 Å². The van der Waals surface area contributed by atoms with E-state index in [9.17, 15) is 9.59 Å². The molecule has 4 atom stereocenters. The molecule has 27 heavy (non-hydrogen) atoms. The van der Waals surface area contributed by atoms with Crippen LogP contribution in [0.1, 0.15) is 19.3 Å². The number of hydrogen-bond donors (Lipinski definition) is 4. The molecule has 10 nitrogen and oxygen atoms in total. The standard InChI is InChI=1S/C16H28N6O4S/c23-15(14-2-1-12-9-21(14)16(24)22(12)26-27)19-25-10-11-7-13(8-18-11)20-5-3-17-4-6-20/h11-14,17-18,27H,1-10H2,(H,19,23)/t11-,12?,13-,14?/m0/s1. The van der Waals surface area contributed by atoms with E-state index in [0.29, 0.717) is 32.0 Å². The Labute approximate surface area is 164 Å². The van der Waals surface area contributed by atoms with Crippen LogP contribution in [0.4, 0.5) is 4.79 Å². The molecule has 4 heterocycles. The summed E-state index contributed by atoms with van der Waals surface area (Å²) in [6.07, 6.45) is 2.31. The Bertz CT molecular complexity index is 563. The van der Waals surface area contributed by atoms with Gasteiger partial charge < -0.3 is 15.5 Å². The first-order valence-electron chi connectivity index (χ1n) is 9.68. The number of urea groups is 1. The third kappa shape index (κ3) is 4.03. The van der Waals surface area contributed by atoms with Crippen molar-refractivity contribution in [3.05, 3.63) is 0 Å². The molecule has 152 valence electrons. The van der Waals surface area contributed by atoms with Gasteiger partial charge in [0.2, 0.25) is 0 Å². The summed E-state index contributed by atoms with van der Waals surface area (Å²) in [5, 5.41) is 8.07. The molecule has 3 N–H and O–H groups in total. The summed E-state index contributed by atoms with van der Waals surface area (Å²) in [7, 11) is 0. The van der Waals surface area contributed by atoms with Crippen molar-refractivity contribution < 1.29 is 18.7 Å². The molecule has 11 heteroatoms. The molecule has 0 radical (unpaired) electrons. The molecule has 4 rings (SSSR count). The van der Waals surface area contributed by atoms with Crippen molar-refractivity contribution in [2.75, 3.05) is 45.9 Å². The van der Waals surface area contributed by atoms with Gasteiger partial charge in [0.05, 0.1) is 12.6 Å². The Morgan fingerprint density at radius 1 is 1.26 bits per heavy atom. The normalized spacial score (nSPS) is 34.3. The van der Waals surface area contributed by atoms with E-state index in [-0.39, 0.29) is 24.0 Å². The molecule has 4 saturated heterocycles. The molecule has 0 saturated carbocycles. The molecule has 4 aliphatic heterocycles. The predicted molar refractivity (Wildman–Crippen MR) is 99.6 cm³/mol. The fourth-order valence-corrected chi connectivity index (χ4v) is 4.75. The van der Waals surface area contributed by atoms with E-state index >= 15 is 0 Å². The van der Waals surface area contributed by atoms with Crippen molar-refractivity contribution >= 4 is 24.8 Å². The van der Waals surface area contributed by atoms with Crippen LogP contribution in [0.5, 0.6) is 0 Å². The second kappa shape index (κ2) is 8.50. The molecular formula is C16H28N6O4S. The molecule has 4 fully saturated rings. The first-order chi connectivity index (χ1) is 13.2. The molecule has 0 aromatic carbocycles. The van der Waals surface area contributed by atoms with Gasteiger partial charge in [-0.15, -0.1) is 0 Å². The number of carbonyl (C=O) groups excluding carboxylic acids is 2. The zero-order chi connectivity index (χ0) is 18.8. The summed E-state index contributed by atoms with van der Waals surface area (Å²) in [4.78, 5) is 34.2. The monoisotopic (exact) mass is 400 g/mol. The van der Waals surface area contributed by atoms with Crippen LogP contribution < -0.4 is 16.1 Å². The van der Waals surface area contributed by atoms with Crippen LogP contribution in [0.15, 0.2) is 0 Å². The lowest BCUT2D eigenvalue weighted by Gasteiger charge is -2.32. The Kier molecular flexibility index (Phi) is 6.05. The van der Waals surface area contributed by atoms with E-state index < -0.39 is 6.04 Å². The van der Waals surface area contributed by atoms with Crippen molar-refractivity contribution in [2.45, 2.75) is 43.4 Å². The van der Waals surface area contributed by atoms with Gasteiger partial charge in [-0.3, -0.25) is 14.5 Å². The minimum atomic E-state index is -0.521. The number of rotatable bonds is 6. The fraction of sp³-hybridized carbons (Fsp3) is 0.875. The van der Waals surface area contributed by atoms with E-state index in [4.69, 9.17) is 9.12 Å². The van der Waals surface area contributed by atoms with Crippen molar-refractivity contribution in [1.29, 1.82) is 0 Å². The van der Waals surface area contributed by atoms with E-state index in [1.807, 2.05) is 0 Å². The number of piperazine rings is 1. The summed E-state index contributed by atoms with van der Waals surface area (Å²) in [6, 6.07) is -0.121. The Hall–Kier alpha value is -1.11. The molecule has 0 spiro atoms. The number of amides is 3. The molecule has 0 aromatic rings. The van der Waals surface area contributed by atoms with Gasteiger partial charge >= 0.3 is 6.03 Å². The molecule has 3 amide bonds. The van der Waals surface area contributed by atoms with E-state index in [1.54, 1.807) is 0 Å². The SMILES string of the molecule is O=C(NOC[C@@H]1C[C@H](N2CCNCC2)CN1)C1CCC2CN1C(=O)N2OS. The minimum Gasteiger partial charge on any atom is -0.314 e. The molecule has 2 bridgehead atoms. The smallest absolute Gasteiger partial charge is 0.314 e. The minimum absolute atomic E-state index is 0.0374. The Morgan fingerprint density at radius 2 is 2.07 bits per heavy atom.